The molecule has 1 aliphatic heterocycles. The van der Waals surface area contributed by atoms with Crippen molar-refractivity contribution < 1.29 is 4.79 Å². The van der Waals surface area contributed by atoms with E-state index < -0.39 is 0 Å². The predicted octanol–water partition coefficient (Wildman–Crippen LogP) is 3.87. The van der Waals surface area contributed by atoms with E-state index in [0.29, 0.717) is 17.1 Å². The summed E-state index contributed by atoms with van der Waals surface area (Å²) in [6.45, 7) is 3.88. The van der Waals surface area contributed by atoms with E-state index in [0.717, 1.165) is 12.1 Å². The lowest BCUT2D eigenvalue weighted by Gasteiger charge is -2.15. The van der Waals surface area contributed by atoms with Crippen LogP contribution in [0.2, 0.25) is 5.02 Å². The van der Waals surface area contributed by atoms with E-state index >= 15 is 0 Å². The Morgan fingerprint density at radius 3 is 2.57 bits per heavy atom. The van der Waals surface area contributed by atoms with Crippen LogP contribution in [-0.2, 0) is 13.1 Å². The molecule has 0 aromatic heterocycles. The van der Waals surface area contributed by atoms with Gasteiger partial charge in [0.05, 0.1) is 10.6 Å². The van der Waals surface area contributed by atoms with Crippen molar-refractivity contribution in [3.63, 3.8) is 0 Å². The number of nitrogens with zero attached hydrogens (tertiary/aromatic N) is 1. The zero-order valence-corrected chi connectivity index (χ0v) is 13.9. The lowest BCUT2D eigenvalue weighted by atomic mass is 10.1. The van der Waals surface area contributed by atoms with Crippen LogP contribution in [0.15, 0.2) is 48.5 Å². The number of rotatable bonds is 5. The minimum Gasteiger partial charge on any atom is -0.348 e. The van der Waals surface area contributed by atoms with Crippen LogP contribution in [0.4, 0.5) is 0 Å². The topological polar surface area (TPSA) is 32.3 Å². The van der Waals surface area contributed by atoms with Crippen LogP contribution < -0.4 is 5.32 Å². The van der Waals surface area contributed by atoms with E-state index in [9.17, 15) is 4.79 Å². The van der Waals surface area contributed by atoms with Gasteiger partial charge in [-0.3, -0.25) is 9.69 Å². The lowest BCUT2D eigenvalue weighted by molar-refractivity contribution is 0.0951. The molecule has 4 heteroatoms. The molecular formula is C19H21ClN2O. The molecule has 2 aromatic rings. The maximum atomic E-state index is 12.2. The monoisotopic (exact) mass is 328 g/mol. The average Bonchev–Trinajstić information content (AvgIpc) is 3.06. The molecule has 3 rings (SSSR count). The fourth-order valence-corrected chi connectivity index (χ4v) is 3.18. The fraction of sp³-hybridized carbons (Fsp3) is 0.316. The number of carbonyl (C=O) groups is 1. The van der Waals surface area contributed by atoms with E-state index in [1.165, 1.54) is 31.5 Å². The highest BCUT2D eigenvalue weighted by molar-refractivity contribution is 6.33. The minimum atomic E-state index is -0.138. The number of benzene rings is 2. The zero-order valence-electron chi connectivity index (χ0n) is 13.1. The van der Waals surface area contributed by atoms with Crippen molar-refractivity contribution in [2.24, 2.45) is 0 Å². The zero-order chi connectivity index (χ0) is 16.1. The van der Waals surface area contributed by atoms with Crippen LogP contribution in [0.5, 0.6) is 0 Å². The van der Waals surface area contributed by atoms with Crippen LogP contribution in [0.25, 0.3) is 0 Å². The summed E-state index contributed by atoms with van der Waals surface area (Å²) in [5, 5.41) is 3.42. The van der Waals surface area contributed by atoms with E-state index in [4.69, 9.17) is 11.6 Å². The van der Waals surface area contributed by atoms with Crippen molar-refractivity contribution in [3.05, 3.63) is 70.2 Å². The second kappa shape index (κ2) is 7.62. The van der Waals surface area contributed by atoms with Gasteiger partial charge in [-0.15, -0.1) is 0 Å². The number of nitrogens with one attached hydrogen (secondary N) is 1. The summed E-state index contributed by atoms with van der Waals surface area (Å²) < 4.78 is 0. The predicted molar refractivity (Wildman–Crippen MR) is 93.6 cm³/mol. The van der Waals surface area contributed by atoms with Crippen LogP contribution in [0.1, 0.15) is 34.3 Å². The van der Waals surface area contributed by atoms with Crippen molar-refractivity contribution in [2.45, 2.75) is 25.9 Å². The third-order valence-electron chi connectivity index (χ3n) is 4.17. The first-order valence-corrected chi connectivity index (χ1v) is 8.43. The molecule has 23 heavy (non-hydrogen) atoms. The molecule has 0 aliphatic carbocycles. The summed E-state index contributed by atoms with van der Waals surface area (Å²) in [7, 11) is 0. The molecule has 0 atom stereocenters. The van der Waals surface area contributed by atoms with E-state index in [1.54, 1.807) is 12.1 Å². The van der Waals surface area contributed by atoms with Gasteiger partial charge in [0.1, 0.15) is 0 Å². The van der Waals surface area contributed by atoms with Crippen molar-refractivity contribution in [3.8, 4) is 0 Å². The summed E-state index contributed by atoms with van der Waals surface area (Å²) in [5.74, 6) is -0.138. The average molecular weight is 329 g/mol. The Bertz CT molecular complexity index is 681. The molecule has 1 heterocycles. The van der Waals surface area contributed by atoms with Gasteiger partial charge in [-0.1, -0.05) is 48.0 Å². The summed E-state index contributed by atoms with van der Waals surface area (Å²) in [6.07, 6.45) is 2.60. The van der Waals surface area contributed by atoms with Gasteiger partial charge in [0, 0.05) is 13.1 Å². The Balaban J connectivity index is 1.59. The molecule has 1 saturated heterocycles. The largest absolute Gasteiger partial charge is 0.348 e. The van der Waals surface area contributed by atoms with Crippen molar-refractivity contribution in [1.82, 2.24) is 10.2 Å². The van der Waals surface area contributed by atoms with Gasteiger partial charge in [0.2, 0.25) is 0 Å². The molecule has 3 nitrogen and oxygen atoms in total. The van der Waals surface area contributed by atoms with E-state index in [1.807, 2.05) is 18.2 Å². The molecule has 0 spiro atoms. The van der Waals surface area contributed by atoms with Gasteiger partial charge in [0.15, 0.2) is 0 Å². The fourth-order valence-electron chi connectivity index (χ4n) is 2.96. The number of hydrogen-bond acceptors (Lipinski definition) is 2. The third-order valence-corrected chi connectivity index (χ3v) is 4.50. The summed E-state index contributed by atoms with van der Waals surface area (Å²) in [6, 6.07) is 15.5. The van der Waals surface area contributed by atoms with Gasteiger partial charge >= 0.3 is 0 Å². The van der Waals surface area contributed by atoms with E-state index in [-0.39, 0.29) is 5.91 Å². The molecule has 1 fully saturated rings. The SMILES string of the molecule is O=C(NCc1cccc(CN2CCCC2)c1)c1ccccc1Cl. The molecule has 1 N–H and O–H groups in total. The molecule has 120 valence electrons. The second-order valence-electron chi connectivity index (χ2n) is 5.97. The highest BCUT2D eigenvalue weighted by Crippen LogP contribution is 2.16. The van der Waals surface area contributed by atoms with Crippen LogP contribution in [-0.4, -0.2) is 23.9 Å². The van der Waals surface area contributed by atoms with Gasteiger partial charge in [-0.25, -0.2) is 0 Å². The maximum absolute atomic E-state index is 12.2. The smallest absolute Gasteiger partial charge is 0.253 e. The Kier molecular flexibility index (Phi) is 5.31. The number of carbonyl (C=O) groups excluding carboxylic acids is 1. The van der Waals surface area contributed by atoms with E-state index in [2.05, 4.69) is 28.4 Å². The highest BCUT2D eigenvalue weighted by atomic mass is 35.5. The van der Waals surface area contributed by atoms with Gasteiger partial charge in [-0.2, -0.15) is 0 Å². The number of likely N-dealkylation sites (tertiary alicyclic amines) is 1. The maximum Gasteiger partial charge on any atom is 0.253 e. The summed E-state index contributed by atoms with van der Waals surface area (Å²) >= 11 is 6.05. The first kappa shape index (κ1) is 16.0. The minimum absolute atomic E-state index is 0.138. The normalized spacial score (nSPS) is 14.8. The first-order chi connectivity index (χ1) is 11.2. The molecule has 1 amide bonds. The highest BCUT2D eigenvalue weighted by Gasteiger charge is 2.12. The Morgan fingerprint density at radius 2 is 1.78 bits per heavy atom. The molecule has 2 aromatic carbocycles. The van der Waals surface area contributed by atoms with Crippen molar-refractivity contribution in [2.75, 3.05) is 13.1 Å². The van der Waals surface area contributed by atoms with Crippen molar-refractivity contribution >= 4 is 17.5 Å². The Labute approximate surface area is 142 Å². The van der Waals surface area contributed by atoms with Gasteiger partial charge in [-0.05, 0) is 49.2 Å². The second-order valence-corrected chi connectivity index (χ2v) is 6.37. The molecule has 1 aliphatic rings. The molecule has 0 unspecified atom stereocenters. The third kappa shape index (κ3) is 4.34. The molecule has 0 bridgehead atoms. The lowest BCUT2D eigenvalue weighted by Crippen LogP contribution is -2.23. The molecule has 0 radical (unpaired) electrons. The van der Waals surface area contributed by atoms with Crippen LogP contribution in [0.3, 0.4) is 0 Å². The summed E-state index contributed by atoms with van der Waals surface area (Å²) in [5.41, 5.74) is 2.93. The number of amides is 1. The Hall–Kier alpha value is -1.84. The number of halogens is 1. The standard InChI is InChI=1S/C19H21ClN2O/c20-18-9-2-1-8-17(18)19(23)21-13-15-6-5-7-16(12-15)14-22-10-3-4-11-22/h1-2,5-9,12H,3-4,10-11,13-14H2,(H,21,23). The Morgan fingerprint density at radius 1 is 1.04 bits per heavy atom. The van der Waals surface area contributed by atoms with Crippen molar-refractivity contribution in [1.29, 1.82) is 0 Å². The number of hydrogen-bond donors (Lipinski definition) is 1. The van der Waals surface area contributed by atoms with Gasteiger partial charge in [0.25, 0.3) is 5.91 Å². The first-order valence-electron chi connectivity index (χ1n) is 8.05. The summed E-state index contributed by atoms with van der Waals surface area (Å²) in [4.78, 5) is 14.7. The van der Waals surface area contributed by atoms with Gasteiger partial charge < -0.3 is 5.32 Å². The molecular weight excluding hydrogens is 308 g/mol. The quantitative estimate of drug-likeness (QED) is 0.903. The molecule has 0 saturated carbocycles. The van der Waals surface area contributed by atoms with Crippen LogP contribution >= 0.6 is 11.6 Å². The van der Waals surface area contributed by atoms with Crippen LogP contribution in [0, 0.1) is 0 Å².